The van der Waals surface area contributed by atoms with Crippen molar-refractivity contribution < 1.29 is 0 Å². The second-order valence-electron chi connectivity index (χ2n) is 2.56. The Labute approximate surface area is 68.0 Å². The lowest BCUT2D eigenvalue weighted by Gasteiger charge is -2.11. The van der Waals surface area contributed by atoms with Crippen LogP contribution in [-0.4, -0.2) is 24.1 Å². The van der Waals surface area contributed by atoms with Crippen LogP contribution >= 0.6 is 0 Å². The van der Waals surface area contributed by atoms with Crippen LogP contribution in [0.4, 0.5) is 11.5 Å². The lowest BCUT2D eigenvalue weighted by atomic mass is 10.4. The van der Waals surface area contributed by atoms with Gasteiger partial charge in [0, 0.05) is 14.1 Å². The van der Waals surface area contributed by atoms with E-state index in [0.717, 1.165) is 0 Å². The van der Waals surface area contributed by atoms with Crippen molar-refractivity contribution in [2.24, 2.45) is 0 Å². The predicted molar refractivity (Wildman–Crippen MR) is 46.4 cm³/mol. The first-order chi connectivity index (χ1) is 5.52. The van der Waals surface area contributed by atoms with Gasteiger partial charge in [-0.1, -0.05) is 0 Å². The number of rotatable bonds is 1. The molecule has 0 fully saturated rings. The summed E-state index contributed by atoms with van der Waals surface area (Å²) in [5.41, 5.74) is 4.59. The van der Waals surface area contributed by atoms with Crippen molar-refractivity contribution in [1.82, 2.24) is 9.97 Å². The van der Waals surface area contributed by atoms with Gasteiger partial charge in [0.1, 0.15) is 11.5 Å². The van der Waals surface area contributed by atoms with E-state index < -0.39 is 11.2 Å². The Hall–Kier alpha value is -1.72. The molecule has 1 aromatic heterocycles. The summed E-state index contributed by atoms with van der Waals surface area (Å²) < 4.78 is 0. The third-order valence-electron chi connectivity index (χ3n) is 1.39. The van der Waals surface area contributed by atoms with E-state index in [4.69, 9.17) is 5.73 Å². The van der Waals surface area contributed by atoms with Crippen molar-refractivity contribution in [2.45, 2.75) is 0 Å². The van der Waals surface area contributed by atoms with Gasteiger partial charge in [-0.15, -0.1) is 0 Å². The zero-order valence-electron chi connectivity index (χ0n) is 6.84. The Morgan fingerprint density at radius 3 is 2.25 bits per heavy atom. The zero-order valence-corrected chi connectivity index (χ0v) is 6.84. The summed E-state index contributed by atoms with van der Waals surface area (Å²) in [6, 6.07) is 0. The third-order valence-corrected chi connectivity index (χ3v) is 1.39. The molecule has 0 saturated carbocycles. The van der Waals surface area contributed by atoms with Crippen LogP contribution in [0.3, 0.4) is 0 Å². The second-order valence-corrected chi connectivity index (χ2v) is 2.56. The monoisotopic (exact) mass is 170 g/mol. The van der Waals surface area contributed by atoms with Gasteiger partial charge < -0.3 is 10.6 Å². The number of nitrogen functional groups attached to an aromatic ring is 1. The van der Waals surface area contributed by atoms with Crippen molar-refractivity contribution >= 4 is 11.5 Å². The zero-order chi connectivity index (χ0) is 9.30. The Kier molecular flexibility index (Phi) is 1.90. The van der Waals surface area contributed by atoms with Crippen LogP contribution in [0.15, 0.2) is 9.59 Å². The molecular weight excluding hydrogens is 160 g/mol. The number of H-pyrrole nitrogens is 2. The first-order valence-corrected chi connectivity index (χ1v) is 3.31. The van der Waals surface area contributed by atoms with Gasteiger partial charge in [-0.25, -0.2) is 4.79 Å². The fourth-order valence-electron chi connectivity index (χ4n) is 0.941. The van der Waals surface area contributed by atoms with Crippen molar-refractivity contribution in [2.75, 3.05) is 24.7 Å². The number of nitrogens with two attached hydrogens (primary N) is 1. The highest BCUT2D eigenvalue weighted by Gasteiger charge is 2.07. The van der Waals surface area contributed by atoms with Gasteiger partial charge in [-0.05, 0) is 0 Å². The highest BCUT2D eigenvalue weighted by atomic mass is 16.2. The van der Waals surface area contributed by atoms with Crippen molar-refractivity contribution in [3.8, 4) is 0 Å². The molecule has 0 amide bonds. The summed E-state index contributed by atoms with van der Waals surface area (Å²) >= 11 is 0. The molecule has 6 heteroatoms. The minimum absolute atomic E-state index is 0.0775. The van der Waals surface area contributed by atoms with E-state index in [1.807, 2.05) is 0 Å². The summed E-state index contributed by atoms with van der Waals surface area (Å²) in [5.74, 6) is 0.0775. The summed E-state index contributed by atoms with van der Waals surface area (Å²) in [4.78, 5) is 27.7. The molecule has 66 valence electrons. The van der Waals surface area contributed by atoms with Crippen molar-refractivity contribution in [3.63, 3.8) is 0 Å². The molecule has 0 radical (unpaired) electrons. The number of aromatic amines is 2. The minimum atomic E-state index is -0.594. The molecule has 0 aliphatic rings. The van der Waals surface area contributed by atoms with Gasteiger partial charge in [0.05, 0.1) is 0 Å². The van der Waals surface area contributed by atoms with E-state index in [0.29, 0.717) is 0 Å². The number of aromatic nitrogens is 2. The number of hydrogen-bond acceptors (Lipinski definition) is 4. The van der Waals surface area contributed by atoms with E-state index in [-0.39, 0.29) is 11.5 Å². The maximum Gasteiger partial charge on any atom is 0.327 e. The van der Waals surface area contributed by atoms with Gasteiger partial charge in [0.2, 0.25) is 0 Å². The number of anilines is 2. The molecule has 4 N–H and O–H groups in total. The van der Waals surface area contributed by atoms with E-state index in [1.54, 1.807) is 14.1 Å². The highest BCUT2D eigenvalue weighted by molar-refractivity contribution is 5.60. The Morgan fingerprint density at radius 1 is 1.25 bits per heavy atom. The molecule has 0 aliphatic heterocycles. The van der Waals surface area contributed by atoms with Crippen LogP contribution in [0, 0.1) is 0 Å². The minimum Gasteiger partial charge on any atom is -0.383 e. The average molecular weight is 170 g/mol. The number of nitrogens with zero attached hydrogens (tertiary/aromatic N) is 1. The van der Waals surface area contributed by atoms with Crippen LogP contribution in [0.1, 0.15) is 0 Å². The highest BCUT2D eigenvalue weighted by Crippen LogP contribution is 2.08. The first-order valence-electron chi connectivity index (χ1n) is 3.31. The molecule has 0 aliphatic carbocycles. The molecule has 0 bridgehead atoms. The van der Waals surface area contributed by atoms with Crippen LogP contribution in [0.2, 0.25) is 0 Å². The van der Waals surface area contributed by atoms with E-state index >= 15 is 0 Å². The van der Waals surface area contributed by atoms with Gasteiger partial charge in [0.15, 0.2) is 0 Å². The normalized spacial score (nSPS) is 9.83. The summed E-state index contributed by atoms with van der Waals surface area (Å²) in [7, 11) is 3.33. The molecule has 6 nitrogen and oxygen atoms in total. The molecule has 0 atom stereocenters. The van der Waals surface area contributed by atoms with Crippen molar-refractivity contribution in [3.05, 3.63) is 20.8 Å². The smallest absolute Gasteiger partial charge is 0.327 e. The topological polar surface area (TPSA) is 95.0 Å². The van der Waals surface area contributed by atoms with E-state index in [1.165, 1.54) is 4.90 Å². The van der Waals surface area contributed by atoms with Crippen LogP contribution in [0.5, 0.6) is 0 Å². The van der Waals surface area contributed by atoms with Crippen LogP contribution in [0.25, 0.3) is 0 Å². The fraction of sp³-hybridized carbons (Fsp3) is 0.333. The molecule has 1 aromatic rings. The average Bonchev–Trinajstić information content (AvgIpc) is 1.82. The van der Waals surface area contributed by atoms with Crippen LogP contribution in [-0.2, 0) is 0 Å². The van der Waals surface area contributed by atoms with Crippen molar-refractivity contribution in [1.29, 1.82) is 0 Å². The largest absolute Gasteiger partial charge is 0.383 e. The van der Waals surface area contributed by atoms with E-state index in [9.17, 15) is 9.59 Å². The van der Waals surface area contributed by atoms with Gasteiger partial charge in [0.25, 0.3) is 5.56 Å². The van der Waals surface area contributed by atoms with Crippen LogP contribution < -0.4 is 21.9 Å². The molecule has 1 heterocycles. The summed E-state index contributed by atoms with van der Waals surface area (Å²) in [6.45, 7) is 0. The molecule has 0 spiro atoms. The first kappa shape index (κ1) is 8.38. The molecule has 0 unspecified atom stereocenters. The Bertz CT molecular complexity index is 389. The van der Waals surface area contributed by atoms with Gasteiger partial charge >= 0.3 is 5.69 Å². The summed E-state index contributed by atoms with van der Waals surface area (Å²) in [5, 5.41) is 0. The van der Waals surface area contributed by atoms with Gasteiger partial charge in [-0.2, -0.15) is 0 Å². The summed E-state index contributed by atoms with van der Waals surface area (Å²) in [6.07, 6.45) is 0. The lowest BCUT2D eigenvalue weighted by Crippen LogP contribution is -2.30. The predicted octanol–water partition coefficient (Wildman–Crippen LogP) is -1.29. The molecule has 1 rings (SSSR count). The second kappa shape index (κ2) is 2.72. The Balaban J connectivity index is 3.49. The van der Waals surface area contributed by atoms with E-state index in [2.05, 4.69) is 9.97 Å². The Morgan fingerprint density at radius 2 is 1.83 bits per heavy atom. The number of hydrogen-bond donors (Lipinski definition) is 3. The molecular formula is C6H10N4O2. The lowest BCUT2D eigenvalue weighted by molar-refractivity contribution is 0.999. The standard InChI is InChI=1S/C6H10N4O2/c1-10(2)3-4(7)8-6(12)9-5(3)11/h1-2H3,(H4,7,8,9,11,12). The SMILES string of the molecule is CN(C)c1c(N)[nH]c(=O)[nH]c1=O. The quantitative estimate of drug-likeness (QED) is 0.488. The number of nitrogens with one attached hydrogen (secondary N) is 2. The molecule has 12 heavy (non-hydrogen) atoms. The fourth-order valence-corrected chi connectivity index (χ4v) is 0.941. The maximum atomic E-state index is 11.1. The van der Waals surface area contributed by atoms with Gasteiger partial charge in [-0.3, -0.25) is 14.8 Å². The third kappa shape index (κ3) is 1.31. The molecule has 0 saturated heterocycles. The molecule has 0 aromatic carbocycles. The maximum absolute atomic E-state index is 11.1.